The third kappa shape index (κ3) is 4.65. The molecule has 0 aliphatic heterocycles. The van der Waals surface area contributed by atoms with E-state index in [4.69, 9.17) is 5.11 Å². The molecule has 0 heterocycles. The van der Waals surface area contributed by atoms with Crippen molar-refractivity contribution < 1.29 is 23.4 Å². The molecular formula is C21H21NO5S2. The van der Waals surface area contributed by atoms with Crippen LogP contribution in [0.3, 0.4) is 0 Å². The van der Waals surface area contributed by atoms with Crippen molar-refractivity contribution in [1.82, 2.24) is 0 Å². The zero-order valence-corrected chi connectivity index (χ0v) is 17.5. The number of phenolic OH excluding ortho intramolecular Hbond substituents is 1. The molecule has 3 aromatic carbocycles. The van der Waals surface area contributed by atoms with Crippen molar-refractivity contribution in [2.45, 2.75) is 29.6 Å². The zero-order chi connectivity index (χ0) is 21.2. The molecule has 0 fully saturated rings. The third-order valence-corrected chi connectivity index (χ3v) is 6.83. The molecule has 0 saturated carbocycles. The van der Waals surface area contributed by atoms with Gasteiger partial charge in [0.15, 0.2) is 0 Å². The standard InChI is InChI=1S/C21H21NO5S2/c1-13(2)14-7-9-15(10-8-14)29(26,27)22-18-11-19(28-12-20(23)24)21(25)17-6-4-3-5-16(17)18/h3-11,13,22,25H,12H2,1-2H3,(H,23,24). The summed E-state index contributed by atoms with van der Waals surface area (Å²) < 4.78 is 28.4. The number of nitrogens with one attached hydrogen (secondary N) is 1. The smallest absolute Gasteiger partial charge is 0.313 e. The summed E-state index contributed by atoms with van der Waals surface area (Å²) in [5.41, 5.74) is 1.31. The Balaban J connectivity index is 2.04. The number of hydrogen-bond donors (Lipinski definition) is 3. The number of benzene rings is 3. The number of carbonyl (C=O) groups is 1. The fourth-order valence-electron chi connectivity index (χ4n) is 2.90. The highest BCUT2D eigenvalue weighted by Crippen LogP contribution is 2.40. The Bertz CT molecular complexity index is 1160. The normalized spacial score (nSPS) is 11.7. The van der Waals surface area contributed by atoms with Gasteiger partial charge < -0.3 is 10.2 Å². The number of rotatable bonds is 7. The quantitative estimate of drug-likeness (QED) is 0.372. The molecular weight excluding hydrogens is 410 g/mol. The van der Waals surface area contributed by atoms with E-state index in [1.807, 2.05) is 13.8 Å². The molecule has 0 saturated heterocycles. The predicted molar refractivity (Wildman–Crippen MR) is 115 cm³/mol. The molecule has 0 amide bonds. The zero-order valence-electron chi connectivity index (χ0n) is 15.9. The van der Waals surface area contributed by atoms with Crippen LogP contribution in [0.4, 0.5) is 5.69 Å². The van der Waals surface area contributed by atoms with Gasteiger partial charge in [-0.15, -0.1) is 11.8 Å². The molecule has 3 aromatic rings. The maximum Gasteiger partial charge on any atom is 0.313 e. The Morgan fingerprint density at radius 3 is 2.28 bits per heavy atom. The Kier molecular flexibility index (Phi) is 6.04. The van der Waals surface area contributed by atoms with Crippen LogP contribution in [0.25, 0.3) is 10.8 Å². The van der Waals surface area contributed by atoms with Gasteiger partial charge in [-0.2, -0.15) is 0 Å². The number of carboxylic acids is 1. The largest absolute Gasteiger partial charge is 0.506 e. The lowest BCUT2D eigenvalue weighted by molar-refractivity contribution is -0.133. The van der Waals surface area contributed by atoms with Crippen LogP contribution in [0.5, 0.6) is 5.75 Å². The van der Waals surface area contributed by atoms with E-state index in [0.29, 0.717) is 15.7 Å². The fourth-order valence-corrected chi connectivity index (χ4v) is 4.70. The molecule has 0 aliphatic rings. The van der Waals surface area contributed by atoms with Gasteiger partial charge in [0, 0.05) is 10.8 Å². The van der Waals surface area contributed by atoms with Crippen molar-refractivity contribution in [2.24, 2.45) is 0 Å². The minimum Gasteiger partial charge on any atom is -0.506 e. The maximum absolute atomic E-state index is 12.9. The summed E-state index contributed by atoms with van der Waals surface area (Å²) in [6.45, 7) is 4.06. The lowest BCUT2D eigenvalue weighted by Crippen LogP contribution is -2.13. The SMILES string of the molecule is CC(C)c1ccc(S(=O)(=O)Nc2cc(SCC(=O)O)c(O)c3ccccc23)cc1. The van der Waals surface area contributed by atoms with E-state index in [0.717, 1.165) is 17.3 Å². The van der Waals surface area contributed by atoms with E-state index in [1.165, 1.54) is 6.07 Å². The number of aliphatic carboxylic acids is 1. The van der Waals surface area contributed by atoms with Crippen LogP contribution in [0.1, 0.15) is 25.3 Å². The van der Waals surface area contributed by atoms with Crippen molar-refractivity contribution in [3.8, 4) is 5.75 Å². The summed E-state index contributed by atoms with van der Waals surface area (Å²) in [5, 5.41) is 20.4. The molecule has 0 bridgehead atoms. The molecule has 0 aliphatic carbocycles. The molecule has 3 rings (SSSR count). The van der Waals surface area contributed by atoms with Crippen molar-refractivity contribution in [2.75, 3.05) is 10.5 Å². The average Bonchev–Trinajstić information content (AvgIpc) is 2.69. The van der Waals surface area contributed by atoms with Crippen molar-refractivity contribution in [1.29, 1.82) is 0 Å². The van der Waals surface area contributed by atoms with Crippen LogP contribution in [-0.2, 0) is 14.8 Å². The number of carboxylic acid groups (broad SMARTS) is 1. The van der Waals surface area contributed by atoms with E-state index in [2.05, 4.69) is 4.72 Å². The fraction of sp³-hybridized carbons (Fsp3) is 0.190. The first kappa shape index (κ1) is 21.0. The maximum atomic E-state index is 12.9. The van der Waals surface area contributed by atoms with Crippen LogP contribution in [0.2, 0.25) is 0 Å². The minimum atomic E-state index is -3.87. The Hall–Kier alpha value is -2.71. The summed E-state index contributed by atoms with van der Waals surface area (Å²) in [5.74, 6) is -1.07. The lowest BCUT2D eigenvalue weighted by Gasteiger charge is -2.15. The highest BCUT2D eigenvalue weighted by molar-refractivity contribution is 8.00. The number of sulfonamides is 1. The monoisotopic (exact) mass is 431 g/mol. The van der Waals surface area contributed by atoms with Gasteiger partial charge in [0.2, 0.25) is 0 Å². The predicted octanol–water partition coefficient (Wildman–Crippen LogP) is 4.65. The summed E-state index contributed by atoms with van der Waals surface area (Å²) in [4.78, 5) is 11.3. The second-order valence-corrected chi connectivity index (χ2v) is 9.53. The van der Waals surface area contributed by atoms with E-state index in [1.54, 1.807) is 48.5 Å². The molecule has 0 aromatic heterocycles. The highest BCUT2D eigenvalue weighted by atomic mass is 32.2. The highest BCUT2D eigenvalue weighted by Gasteiger charge is 2.19. The first-order chi connectivity index (χ1) is 13.7. The van der Waals surface area contributed by atoms with Crippen LogP contribution < -0.4 is 4.72 Å². The van der Waals surface area contributed by atoms with Crippen molar-refractivity contribution in [3.63, 3.8) is 0 Å². The molecule has 0 spiro atoms. The molecule has 6 nitrogen and oxygen atoms in total. The number of thioether (sulfide) groups is 1. The molecule has 8 heteroatoms. The Labute approximate surface area is 173 Å². The van der Waals surface area contributed by atoms with Crippen molar-refractivity contribution in [3.05, 3.63) is 60.2 Å². The van der Waals surface area contributed by atoms with Crippen LogP contribution in [0.15, 0.2) is 64.4 Å². The third-order valence-electron chi connectivity index (χ3n) is 4.43. The summed E-state index contributed by atoms with van der Waals surface area (Å²) in [6.07, 6.45) is 0. The van der Waals surface area contributed by atoms with E-state index < -0.39 is 16.0 Å². The number of phenols is 1. The first-order valence-corrected chi connectivity index (χ1v) is 11.4. The second kappa shape index (κ2) is 8.34. The van der Waals surface area contributed by atoms with Crippen LogP contribution >= 0.6 is 11.8 Å². The molecule has 152 valence electrons. The van der Waals surface area contributed by atoms with Crippen molar-refractivity contribution >= 4 is 44.2 Å². The number of anilines is 1. The van der Waals surface area contributed by atoms with Gasteiger partial charge in [-0.1, -0.05) is 50.2 Å². The van der Waals surface area contributed by atoms with Gasteiger partial charge in [0.05, 0.1) is 21.2 Å². The van der Waals surface area contributed by atoms with Gasteiger partial charge in [-0.25, -0.2) is 8.42 Å². The summed E-state index contributed by atoms with van der Waals surface area (Å²) in [7, 11) is -3.87. The Morgan fingerprint density at radius 2 is 1.69 bits per heavy atom. The molecule has 3 N–H and O–H groups in total. The van der Waals surface area contributed by atoms with E-state index in [9.17, 15) is 18.3 Å². The number of aromatic hydroxyl groups is 1. The molecule has 0 atom stereocenters. The lowest BCUT2D eigenvalue weighted by atomic mass is 10.0. The average molecular weight is 432 g/mol. The van der Waals surface area contributed by atoms with Gasteiger partial charge in [0.1, 0.15) is 5.75 Å². The summed E-state index contributed by atoms with van der Waals surface area (Å²) >= 11 is 0.927. The molecule has 29 heavy (non-hydrogen) atoms. The molecule has 0 unspecified atom stereocenters. The second-order valence-electron chi connectivity index (χ2n) is 6.83. The van der Waals surface area contributed by atoms with Crippen LogP contribution in [-0.4, -0.2) is 30.4 Å². The number of fused-ring (bicyclic) bond motifs is 1. The van der Waals surface area contributed by atoms with Gasteiger partial charge >= 0.3 is 5.97 Å². The summed E-state index contributed by atoms with van der Waals surface area (Å²) in [6, 6.07) is 14.9. The van der Waals surface area contributed by atoms with Gasteiger partial charge in [-0.05, 0) is 29.7 Å². The van der Waals surface area contributed by atoms with Gasteiger partial charge in [-0.3, -0.25) is 9.52 Å². The topological polar surface area (TPSA) is 104 Å². The van der Waals surface area contributed by atoms with Crippen LogP contribution in [0, 0.1) is 0 Å². The minimum absolute atomic E-state index is 0.0731. The molecule has 0 radical (unpaired) electrons. The number of hydrogen-bond acceptors (Lipinski definition) is 5. The van der Waals surface area contributed by atoms with E-state index >= 15 is 0 Å². The van der Waals surface area contributed by atoms with Gasteiger partial charge in [0.25, 0.3) is 10.0 Å². The first-order valence-electron chi connectivity index (χ1n) is 8.91. The Morgan fingerprint density at radius 1 is 1.07 bits per heavy atom. The van der Waals surface area contributed by atoms with E-state index in [-0.39, 0.29) is 28.0 Å².